The van der Waals surface area contributed by atoms with Crippen molar-refractivity contribution in [1.29, 1.82) is 5.26 Å². The van der Waals surface area contributed by atoms with E-state index >= 15 is 0 Å². The van der Waals surface area contributed by atoms with Crippen LogP contribution in [-0.4, -0.2) is 8.42 Å². The van der Waals surface area contributed by atoms with E-state index in [0.29, 0.717) is 21.2 Å². The van der Waals surface area contributed by atoms with Crippen LogP contribution < -0.4 is 0 Å². The number of hydrogen-bond donors (Lipinski definition) is 0. The number of halogens is 3. The Bertz CT molecular complexity index is 898. The number of benzene rings is 2. The first kappa shape index (κ1) is 17.8. The van der Waals surface area contributed by atoms with E-state index in [2.05, 4.69) is 0 Å². The Morgan fingerprint density at radius 1 is 1.04 bits per heavy atom. The monoisotopic (exact) mass is 385 g/mol. The van der Waals surface area contributed by atoms with Crippen LogP contribution in [0, 0.1) is 11.3 Å². The quantitative estimate of drug-likeness (QED) is 0.685. The maximum Gasteiger partial charge on any atom is 0.192 e. The Morgan fingerprint density at radius 2 is 1.70 bits per heavy atom. The highest BCUT2D eigenvalue weighted by Gasteiger charge is 2.18. The molecular weight excluding hydrogens is 377 g/mol. The van der Waals surface area contributed by atoms with Crippen molar-refractivity contribution < 1.29 is 8.42 Å². The molecule has 0 amide bonds. The molecular formula is C16H10Cl3NO2S. The smallest absolute Gasteiger partial charge is 0.192 e. The van der Waals surface area contributed by atoms with Crippen molar-refractivity contribution in [3.63, 3.8) is 0 Å². The first-order valence-corrected chi connectivity index (χ1v) is 9.14. The summed E-state index contributed by atoms with van der Waals surface area (Å²) in [6.07, 6.45) is 1.27. The normalized spacial score (nSPS) is 12.0. The van der Waals surface area contributed by atoms with Gasteiger partial charge < -0.3 is 0 Å². The van der Waals surface area contributed by atoms with Gasteiger partial charge in [0.25, 0.3) is 0 Å². The summed E-state index contributed by atoms with van der Waals surface area (Å²) in [5.74, 6) is -0.287. The summed E-state index contributed by atoms with van der Waals surface area (Å²) in [7, 11) is -3.78. The third-order valence-electron chi connectivity index (χ3n) is 2.96. The minimum absolute atomic E-state index is 0.285. The topological polar surface area (TPSA) is 57.9 Å². The number of sulfone groups is 1. The van der Waals surface area contributed by atoms with Gasteiger partial charge in [-0.2, -0.15) is 5.26 Å². The summed E-state index contributed by atoms with van der Waals surface area (Å²) in [6.45, 7) is 0. The summed E-state index contributed by atoms with van der Waals surface area (Å²) in [6, 6.07) is 12.8. The lowest BCUT2D eigenvalue weighted by Crippen LogP contribution is -2.06. The molecule has 2 aromatic carbocycles. The van der Waals surface area contributed by atoms with Gasteiger partial charge in [0.1, 0.15) is 11.0 Å². The molecule has 0 aliphatic carbocycles. The Morgan fingerprint density at radius 3 is 2.26 bits per heavy atom. The third kappa shape index (κ3) is 4.73. The first-order valence-electron chi connectivity index (χ1n) is 6.36. The van der Waals surface area contributed by atoms with E-state index in [1.165, 1.54) is 18.2 Å². The lowest BCUT2D eigenvalue weighted by atomic mass is 10.2. The fourth-order valence-corrected chi connectivity index (χ4v) is 3.50. The van der Waals surface area contributed by atoms with Crippen LogP contribution in [0.1, 0.15) is 11.1 Å². The second-order valence-corrected chi connectivity index (χ2v) is 7.89. The summed E-state index contributed by atoms with van der Waals surface area (Å²) in [5.41, 5.74) is 1.03. The molecule has 118 valence electrons. The first-order chi connectivity index (χ1) is 10.8. The third-order valence-corrected chi connectivity index (χ3v) is 5.54. The van der Waals surface area contributed by atoms with E-state index in [1.807, 2.05) is 0 Å². The maximum absolute atomic E-state index is 12.4. The average molecular weight is 387 g/mol. The molecule has 0 heterocycles. The van der Waals surface area contributed by atoms with Crippen molar-refractivity contribution in [3.8, 4) is 6.07 Å². The van der Waals surface area contributed by atoms with E-state index in [9.17, 15) is 13.7 Å². The van der Waals surface area contributed by atoms with Crippen LogP contribution in [-0.2, 0) is 15.6 Å². The van der Waals surface area contributed by atoms with Gasteiger partial charge in [-0.1, -0.05) is 53.0 Å². The fraction of sp³-hybridized carbons (Fsp3) is 0.0625. The van der Waals surface area contributed by atoms with Crippen molar-refractivity contribution in [3.05, 3.63) is 73.6 Å². The zero-order chi connectivity index (χ0) is 17.0. The molecule has 0 spiro atoms. The molecule has 0 saturated heterocycles. The van der Waals surface area contributed by atoms with Crippen LogP contribution in [0.15, 0.2) is 47.4 Å². The molecule has 3 nitrogen and oxygen atoms in total. The second-order valence-electron chi connectivity index (χ2n) is 4.68. The zero-order valence-corrected chi connectivity index (χ0v) is 14.7. The van der Waals surface area contributed by atoms with Gasteiger partial charge in [0.05, 0.1) is 15.8 Å². The zero-order valence-electron chi connectivity index (χ0n) is 11.6. The minimum Gasteiger partial charge on any atom is -0.223 e. The molecule has 0 aliphatic heterocycles. The molecule has 0 saturated carbocycles. The van der Waals surface area contributed by atoms with Crippen LogP contribution in [0.2, 0.25) is 15.1 Å². The SMILES string of the molecule is N#CC(=Cc1ccc(Cl)c(Cl)c1)S(=O)(=O)Cc1ccc(Cl)cc1. The molecule has 0 N–H and O–H groups in total. The predicted octanol–water partition coefficient (Wildman–Crippen LogP) is 5.13. The fourth-order valence-electron chi connectivity index (χ4n) is 1.82. The van der Waals surface area contributed by atoms with Crippen LogP contribution in [0.4, 0.5) is 0 Å². The van der Waals surface area contributed by atoms with Crippen molar-refractivity contribution in [2.45, 2.75) is 5.75 Å². The summed E-state index contributed by atoms with van der Waals surface area (Å²) in [4.78, 5) is -0.342. The Labute approximate surface area is 149 Å². The number of allylic oxidation sites excluding steroid dienone is 1. The van der Waals surface area contributed by atoms with Crippen molar-refractivity contribution >= 4 is 50.7 Å². The molecule has 7 heteroatoms. The van der Waals surface area contributed by atoms with Crippen LogP contribution in [0.3, 0.4) is 0 Å². The molecule has 2 rings (SSSR count). The second kappa shape index (κ2) is 7.37. The molecule has 0 bridgehead atoms. The molecule has 0 fully saturated rings. The van der Waals surface area contributed by atoms with Gasteiger partial charge in [-0.15, -0.1) is 0 Å². The standard InChI is InChI=1S/C16H10Cl3NO2S/c17-13-4-1-11(2-5-13)10-23(21,22)14(9-20)7-12-3-6-15(18)16(19)8-12/h1-8H,10H2. The van der Waals surface area contributed by atoms with Crippen molar-refractivity contribution in [2.24, 2.45) is 0 Å². The van der Waals surface area contributed by atoms with Crippen LogP contribution in [0.25, 0.3) is 6.08 Å². The van der Waals surface area contributed by atoms with Crippen LogP contribution in [0.5, 0.6) is 0 Å². The molecule has 0 radical (unpaired) electrons. The Kier molecular flexibility index (Phi) is 5.72. The van der Waals surface area contributed by atoms with Crippen molar-refractivity contribution in [2.75, 3.05) is 0 Å². The van der Waals surface area contributed by atoms with Crippen LogP contribution >= 0.6 is 34.8 Å². The minimum atomic E-state index is -3.78. The molecule has 2 aromatic rings. The van der Waals surface area contributed by atoms with Gasteiger partial charge in [-0.3, -0.25) is 0 Å². The molecule has 0 aromatic heterocycles. The van der Waals surface area contributed by atoms with Gasteiger partial charge in [0.15, 0.2) is 9.84 Å². The van der Waals surface area contributed by atoms with Gasteiger partial charge in [0, 0.05) is 5.02 Å². The van der Waals surface area contributed by atoms with E-state index in [0.717, 1.165) is 0 Å². The summed E-state index contributed by atoms with van der Waals surface area (Å²) < 4.78 is 24.8. The molecule has 23 heavy (non-hydrogen) atoms. The van der Waals surface area contributed by atoms with Gasteiger partial charge in [-0.25, -0.2) is 8.42 Å². The average Bonchev–Trinajstić information content (AvgIpc) is 2.50. The Balaban J connectivity index is 2.34. The maximum atomic E-state index is 12.4. The number of nitriles is 1. The molecule has 0 atom stereocenters. The number of nitrogens with zero attached hydrogens (tertiary/aromatic N) is 1. The lowest BCUT2D eigenvalue weighted by molar-refractivity contribution is 0.602. The van der Waals surface area contributed by atoms with E-state index in [1.54, 1.807) is 36.4 Å². The van der Waals surface area contributed by atoms with E-state index < -0.39 is 9.84 Å². The largest absolute Gasteiger partial charge is 0.223 e. The highest BCUT2D eigenvalue weighted by Crippen LogP contribution is 2.25. The number of hydrogen-bond acceptors (Lipinski definition) is 3. The van der Waals surface area contributed by atoms with E-state index in [-0.39, 0.29) is 15.7 Å². The molecule has 0 unspecified atom stereocenters. The highest BCUT2D eigenvalue weighted by atomic mass is 35.5. The Hall–Kier alpha value is -1.51. The number of rotatable bonds is 4. The summed E-state index contributed by atoms with van der Waals surface area (Å²) >= 11 is 17.5. The predicted molar refractivity (Wildman–Crippen MR) is 94.1 cm³/mol. The van der Waals surface area contributed by atoms with E-state index in [4.69, 9.17) is 34.8 Å². The molecule has 0 aliphatic rings. The highest BCUT2D eigenvalue weighted by molar-refractivity contribution is 7.95. The van der Waals surface area contributed by atoms with Crippen molar-refractivity contribution in [1.82, 2.24) is 0 Å². The summed E-state index contributed by atoms with van der Waals surface area (Å²) in [5, 5.41) is 10.3. The van der Waals surface area contributed by atoms with Gasteiger partial charge >= 0.3 is 0 Å². The lowest BCUT2D eigenvalue weighted by Gasteiger charge is -2.04. The van der Waals surface area contributed by atoms with Gasteiger partial charge in [-0.05, 0) is 41.5 Å². The van der Waals surface area contributed by atoms with Gasteiger partial charge in [0.2, 0.25) is 0 Å².